The molecule has 0 saturated heterocycles. The van der Waals surface area contributed by atoms with Crippen molar-refractivity contribution in [1.82, 2.24) is 4.98 Å². The Morgan fingerprint density at radius 1 is 1.04 bits per heavy atom. The topological polar surface area (TPSA) is 42.1 Å². The maximum absolute atomic E-state index is 12.0. The summed E-state index contributed by atoms with van der Waals surface area (Å²) in [4.78, 5) is 15.8. The SMILES string of the molecule is CCOC(=O)c1[nH]c(=S)sc1-c1ccc(-c2ccccc2)cc1. The number of aromatic amines is 1. The lowest BCUT2D eigenvalue weighted by Crippen LogP contribution is -2.06. The number of carbonyl (C=O) groups is 1. The van der Waals surface area contributed by atoms with E-state index < -0.39 is 0 Å². The number of thiazole rings is 1. The number of esters is 1. The summed E-state index contributed by atoms with van der Waals surface area (Å²) in [7, 11) is 0. The van der Waals surface area contributed by atoms with Gasteiger partial charge in [0.25, 0.3) is 0 Å². The number of aromatic nitrogens is 1. The molecule has 23 heavy (non-hydrogen) atoms. The van der Waals surface area contributed by atoms with Gasteiger partial charge in [-0.05, 0) is 35.8 Å². The number of benzene rings is 2. The van der Waals surface area contributed by atoms with E-state index in [4.69, 9.17) is 17.0 Å². The van der Waals surface area contributed by atoms with Gasteiger partial charge < -0.3 is 9.72 Å². The van der Waals surface area contributed by atoms with Crippen molar-refractivity contribution in [2.75, 3.05) is 6.61 Å². The summed E-state index contributed by atoms with van der Waals surface area (Å²) in [5.41, 5.74) is 3.66. The van der Waals surface area contributed by atoms with E-state index in [1.54, 1.807) is 6.92 Å². The van der Waals surface area contributed by atoms with Crippen LogP contribution in [0.5, 0.6) is 0 Å². The highest BCUT2D eigenvalue weighted by molar-refractivity contribution is 7.73. The van der Waals surface area contributed by atoms with Crippen LogP contribution in [0.15, 0.2) is 54.6 Å². The fraction of sp³-hybridized carbons (Fsp3) is 0.111. The fourth-order valence-electron chi connectivity index (χ4n) is 2.32. The minimum atomic E-state index is -0.373. The number of nitrogens with one attached hydrogen (secondary N) is 1. The van der Waals surface area contributed by atoms with E-state index in [1.807, 2.05) is 42.5 Å². The maximum atomic E-state index is 12.0. The summed E-state index contributed by atoms with van der Waals surface area (Å²) in [6, 6.07) is 18.2. The van der Waals surface area contributed by atoms with Gasteiger partial charge in [0.1, 0.15) is 5.69 Å². The molecule has 3 rings (SSSR count). The number of hydrogen-bond donors (Lipinski definition) is 1. The molecule has 0 aliphatic carbocycles. The first-order valence-electron chi connectivity index (χ1n) is 7.25. The quantitative estimate of drug-likeness (QED) is 0.516. The Labute approximate surface area is 143 Å². The van der Waals surface area contributed by atoms with Crippen LogP contribution in [0.1, 0.15) is 17.4 Å². The Bertz CT molecular complexity index is 864. The van der Waals surface area contributed by atoms with E-state index in [-0.39, 0.29) is 5.97 Å². The molecule has 0 atom stereocenters. The molecule has 0 radical (unpaired) electrons. The molecule has 0 bridgehead atoms. The van der Waals surface area contributed by atoms with Crippen LogP contribution in [0.2, 0.25) is 0 Å². The van der Waals surface area contributed by atoms with Crippen molar-refractivity contribution < 1.29 is 9.53 Å². The Morgan fingerprint density at radius 2 is 1.65 bits per heavy atom. The molecule has 0 saturated carbocycles. The largest absolute Gasteiger partial charge is 0.461 e. The van der Waals surface area contributed by atoms with E-state index in [0.29, 0.717) is 16.3 Å². The molecule has 0 aliphatic heterocycles. The number of carbonyl (C=O) groups excluding carboxylic acids is 1. The van der Waals surface area contributed by atoms with Gasteiger partial charge in [-0.1, -0.05) is 54.6 Å². The molecule has 2 aromatic carbocycles. The maximum Gasteiger partial charge on any atom is 0.356 e. The number of rotatable bonds is 4. The minimum Gasteiger partial charge on any atom is -0.461 e. The normalized spacial score (nSPS) is 10.5. The first-order valence-corrected chi connectivity index (χ1v) is 8.47. The van der Waals surface area contributed by atoms with Gasteiger partial charge in [0.15, 0.2) is 3.95 Å². The van der Waals surface area contributed by atoms with Crippen LogP contribution in [0, 0.1) is 3.95 Å². The molecule has 1 aromatic heterocycles. The van der Waals surface area contributed by atoms with Gasteiger partial charge in [-0.2, -0.15) is 0 Å². The van der Waals surface area contributed by atoms with E-state index >= 15 is 0 Å². The van der Waals surface area contributed by atoms with Crippen LogP contribution >= 0.6 is 23.6 Å². The number of ether oxygens (including phenoxy) is 1. The lowest BCUT2D eigenvalue weighted by molar-refractivity contribution is 0.0521. The molecule has 0 fully saturated rings. The third kappa shape index (κ3) is 3.41. The van der Waals surface area contributed by atoms with E-state index in [9.17, 15) is 4.79 Å². The Morgan fingerprint density at radius 3 is 2.30 bits per heavy atom. The lowest BCUT2D eigenvalue weighted by Gasteiger charge is -2.05. The predicted molar refractivity (Wildman–Crippen MR) is 96.3 cm³/mol. The van der Waals surface area contributed by atoms with Crippen molar-refractivity contribution >= 4 is 29.5 Å². The Balaban J connectivity index is 1.97. The highest BCUT2D eigenvalue weighted by Crippen LogP contribution is 2.31. The van der Waals surface area contributed by atoms with Crippen LogP contribution in [0.3, 0.4) is 0 Å². The Hall–Kier alpha value is -2.24. The van der Waals surface area contributed by atoms with Crippen LogP contribution < -0.4 is 0 Å². The molecule has 5 heteroatoms. The molecular weight excluding hydrogens is 326 g/mol. The standard InChI is InChI=1S/C18H15NO2S2/c1-2-21-17(20)15-16(23-18(22)19-15)14-10-8-13(9-11-14)12-6-4-3-5-7-12/h3-11H,2H2,1H3,(H,19,22). The fourth-order valence-corrected chi connectivity index (χ4v) is 3.50. The zero-order chi connectivity index (χ0) is 16.2. The molecule has 0 aliphatic rings. The molecule has 1 heterocycles. The van der Waals surface area contributed by atoms with Gasteiger partial charge in [0, 0.05) is 0 Å². The summed E-state index contributed by atoms with van der Waals surface area (Å²) < 4.78 is 5.65. The van der Waals surface area contributed by atoms with Gasteiger partial charge in [-0.15, -0.1) is 11.3 Å². The van der Waals surface area contributed by atoms with Crippen molar-refractivity contribution in [1.29, 1.82) is 0 Å². The molecule has 3 nitrogen and oxygen atoms in total. The second-order valence-electron chi connectivity index (χ2n) is 4.88. The number of hydrogen-bond acceptors (Lipinski definition) is 4. The molecular formula is C18H15NO2S2. The lowest BCUT2D eigenvalue weighted by atomic mass is 10.0. The van der Waals surface area contributed by atoms with Crippen molar-refractivity contribution in [3.8, 4) is 21.6 Å². The van der Waals surface area contributed by atoms with Crippen molar-refractivity contribution in [3.05, 3.63) is 64.2 Å². The van der Waals surface area contributed by atoms with Crippen LogP contribution in [-0.2, 0) is 4.74 Å². The summed E-state index contributed by atoms with van der Waals surface area (Å²) in [5, 5.41) is 0. The predicted octanol–water partition coefficient (Wildman–Crippen LogP) is 5.32. The van der Waals surface area contributed by atoms with Gasteiger partial charge in [-0.25, -0.2) is 4.79 Å². The summed E-state index contributed by atoms with van der Waals surface area (Å²) >= 11 is 6.56. The summed E-state index contributed by atoms with van der Waals surface area (Å²) in [5.74, 6) is -0.373. The minimum absolute atomic E-state index is 0.335. The van der Waals surface area contributed by atoms with Gasteiger partial charge in [0.2, 0.25) is 0 Å². The number of H-pyrrole nitrogens is 1. The summed E-state index contributed by atoms with van der Waals surface area (Å²) in [6.45, 7) is 2.12. The molecule has 3 aromatic rings. The monoisotopic (exact) mass is 341 g/mol. The second-order valence-corrected chi connectivity index (χ2v) is 6.57. The van der Waals surface area contributed by atoms with Crippen LogP contribution in [-0.4, -0.2) is 17.6 Å². The van der Waals surface area contributed by atoms with Crippen molar-refractivity contribution in [2.24, 2.45) is 0 Å². The van der Waals surface area contributed by atoms with Crippen LogP contribution in [0.4, 0.5) is 0 Å². The van der Waals surface area contributed by atoms with Crippen molar-refractivity contribution in [2.45, 2.75) is 6.92 Å². The van der Waals surface area contributed by atoms with E-state index in [0.717, 1.165) is 21.6 Å². The summed E-state index contributed by atoms with van der Waals surface area (Å²) in [6.07, 6.45) is 0. The van der Waals surface area contributed by atoms with Gasteiger partial charge in [-0.3, -0.25) is 0 Å². The van der Waals surface area contributed by atoms with E-state index in [1.165, 1.54) is 11.3 Å². The zero-order valence-electron chi connectivity index (χ0n) is 12.5. The second kappa shape index (κ2) is 6.89. The average Bonchev–Trinajstić information content (AvgIpc) is 2.98. The molecule has 116 valence electrons. The first-order chi connectivity index (χ1) is 11.2. The van der Waals surface area contributed by atoms with Crippen molar-refractivity contribution in [3.63, 3.8) is 0 Å². The molecule has 0 spiro atoms. The average molecular weight is 341 g/mol. The third-order valence-corrected chi connectivity index (χ3v) is 4.67. The molecule has 0 amide bonds. The highest BCUT2D eigenvalue weighted by atomic mass is 32.1. The molecule has 0 unspecified atom stereocenters. The van der Waals surface area contributed by atoms with Crippen LogP contribution in [0.25, 0.3) is 21.6 Å². The third-order valence-electron chi connectivity index (χ3n) is 3.38. The van der Waals surface area contributed by atoms with Gasteiger partial charge in [0.05, 0.1) is 11.5 Å². The zero-order valence-corrected chi connectivity index (χ0v) is 14.2. The first kappa shape index (κ1) is 15.6. The van der Waals surface area contributed by atoms with Gasteiger partial charge >= 0.3 is 5.97 Å². The smallest absolute Gasteiger partial charge is 0.356 e. The van der Waals surface area contributed by atoms with E-state index in [2.05, 4.69) is 17.1 Å². The Kier molecular flexibility index (Phi) is 4.69. The highest BCUT2D eigenvalue weighted by Gasteiger charge is 2.17. The molecule has 1 N–H and O–H groups in total.